The van der Waals surface area contributed by atoms with E-state index in [2.05, 4.69) is 5.32 Å². The summed E-state index contributed by atoms with van der Waals surface area (Å²) >= 11 is 0. The molecule has 2 aromatic carbocycles. The highest BCUT2D eigenvalue weighted by Gasteiger charge is 2.26. The zero-order chi connectivity index (χ0) is 26.9. The van der Waals surface area contributed by atoms with Crippen LogP contribution in [0.5, 0.6) is 0 Å². The fourth-order valence-corrected chi connectivity index (χ4v) is 4.78. The van der Waals surface area contributed by atoms with E-state index >= 15 is 0 Å². The first kappa shape index (κ1) is 28.8. The van der Waals surface area contributed by atoms with Gasteiger partial charge in [-0.3, -0.25) is 13.9 Å². The van der Waals surface area contributed by atoms with Gasteiger partial charge in [-0.05, 0) is 69.5 Å². The largest absolute Gasteiger partial charge is 0.466 e. The predicted molar refractivity (Wildman–Crippen MR) is 136 cm³/mol. The lowest BCUT2D eigenvalue weighted by molar-refractivity contribution is -0.146. The number of anilines is 1. The Morgan fingerprint density at radius 3 is 2.19 bits per heavy atom. The Bertz CT molecular complexity index is 1180. The molecule has 0 saturated heterocycles. The summed E-state index contributed by atoms with van der Waals surface area (Å²) in [5.41, 5.74) is 2.28. The summed E-state index contributed by atoms with van der Waals surface area (Å²) in [7, 11) is -2.34. The number of carbonyl (C=O) groups excluding carboxylic acids is 3. The first-order valence-corrected chi connectivity index (χ1v) is 13.3. The van der Waals surface area contributed by atoms with E-state index in [9.17, 15) is 22.8 Å². The highest BCUT2D eigenvalue weighted by atomic mass is 32.2. The number of ether oxygens (including phenoxy) is 2. The van der Waals surface area contributed by atoms with Gasteiger partial charge in [0.05, 0.1) is 23.8 Å². The van der Waals surface area contributed by atoms with Crippen molar-refractivity contribution in [3.05, 3.63) is 59.2 Å². The monoisotopic (exact) mass is 518 g/mol. The van der Waals surface area contributed by atoms with Gasteiger partial charge in [0, 0.05) is 19.0 Å². The molecule has 2 rings (SSSR count). The van der Waals surface area contributed by atoms with Crippen molar-refractivity contribution >= 4 is 33.6 Å². The number of nitrogens with one attached hydrogen (secondary N) is 1. The average Bonchev–Trinajstić information content (AvgIpc) is 2.86. The molecular weight excluding hydrogens is 484 g/mol. The third kappa shape index (κ3) is 7.30. The van der Waals surface area contributed by atoms with E-state index in [4.69, 9.17) is 9.47 Å². The van der Waals surface area contributed by atoms with E-state index in [0.717, 1.165) is 5.56 Å². The van der Waals surface area contributed by atoms with Gasteiger partial charge in [0.1, 0.15) is 6.04 Å². The van der Waals surface area contributed by atoms with Gasteiger partial charge in [-0.2, -0.15) is 0 Å². The fraction of sp³-hybridized carbons (Fsp3) is 0.423. The molecule has 10 heteroatoms. The molecule has 196 valence electrons. The second-order valence-electron chi connectivity index (χ2n) is 8.10. The summed E-state index contributed by atoms with van der Waals surface area (Å²) in [4.78, 5) is 37.2. The van der Waals surface area contributed by atoms with Gasteiger partial charge in [0.25, 0.3) is 15.9 Å². The van der Waals surface area contributed by atoms with Crippen molar-refractivity contribution in [2.24, 2.45) is 0 Å². The molecule has 1 atom stereocenters. The number of benzene rings is 2. The van der Waals surface area contributed by atoms with E-state index < -0.39 is 33.9 Å². The van der Waals surface area contributed by atoms with Crippen LogP contribution in [0.2, 0.25) is 0 Å². The van der Waals surface area contributed by atoms with Gasteiger partial charge in [0.15, 0.2) is 0 Å². The number of hydrogen-bond donors (Lipinski definition) is 1. The molecule has 0 aliphatic heterocycles. The van der Waals surface area contributed by atoms with Gasteiger partial charge < -0.3 is 14.8 Å². The topological polar surface area (TPSA) is 119 Å². The number of amides is 1. The van der Waals surface area contributed by atoms with Crippen LogP contribution >= 0.6 is 0 Å². The van der Waals surface area contributed by atoms with Crippen LogP contribution in [0.25, 0.3) is 0 Å². The van der Waals surface area contributed by atoms with Crippen LogP contribution in [0.4, 0.5) is 5.69 Å². The highest BCUT2D eigenvalue weighted by molar-refractivity contribution is 7.92. The normalized spacial score (nSPS) is 11.9. The maximum Gasteiger partial charge on any atom is 0.328 e. The van der Waals surface area contributed by atoms with Crippen LogP contribution in [-0.2, 0) is 35.5 Å². The smallest absolute Gasteiger partial charge is 0.328 e. The summed E-state index contributed by atoms with van der Waals surface area (Å²) < 4.78 is 37.4. The Balaban J connectivity index is 2.27. The lowest BCUT2D eigenvalue weighted by Gasteiger charge is -2.23. The van der Waals surface area contributed by atoms with Crippen LogP contribution in [0.15, 0.2) is 47.4 Å². The van der Waals surface area contributed by atoms with Crippen molar-refractivity contribution < 1.29 is 32.3 Å². The molecule has 0 aliphatic carbocycles. The standard InChI is InChI=1S/C26H34N2O7S/c1-6-19-17-20(25(30)27-22(26(31)35-8-3)14-16-24(29)34-7-2)11-15-23(19)28(5)36(32,33)21-12-9-18(4)10-13-21/h9-13,15,17,22H,6-8,14,16H2,1-5H3,(H,27,30)/t22-/m0/s1. The molecule has 0 spiro atoms. The number of hydrogen-bond acceptors (Lipinski definition) is 7. The van der Waals surface area contributed by atoms with E-state index in [1.807, 2.05) is 13.8 Å². The Hall–Kier alpha value is -3.40. The number of rotatable bonds is 12. The van der Waals surface area contributed by atoms with Crippen molar-refractivity contribution in [3.63, 3.8) is 0 Å². The lowest BCUT2D eigenvalue weighted by Crippen LogP contribution is -2.42. The van der Waals surface area contributed by atoms with Crippen LogP contribution in [0.1, 0.15) is 55.1 Å². The van der Waals surface area contributed by atoms with E-state index in [1.165, 1.54) is 17.4 Å². The number of sulfonamides is 1. The molecule has 0 aliphatic rings. The number of nitrogens with zero attached hydrogens (tertiary/aromatic N) is 1. The lowest BCUT2D eigenvalue weighted by atomic mass is 10.0. The number of esters is 2. The van der Waals surface area contributed by atoms with Crippen molar-refractivity contribution in [1.29, 1.82) is 0 Å². The van der Waals surface area contributed by atoms with Gasteiger partial charge in [-0.25, -0.2) is 13.2 Å². The van der Waals surface area contributed by atoms with Gasteiger partial charge >= 0.3 is 11.9 Å². The molecule has 0 unspecified atom stereocenters. The Morgan fingerprint density at radius 2 is 1.61 bits per heavy atom. The molecule has 1 amide bonds. The molecule has 0 radical (unpaired) electrons. The summed E-state index contributed by atoms with van der Waals surface area (Å²) in [6.07, 6.45) is 0.437. The molecule has 0 heterocycles. The molecule has 0 fully saturated rings. The minimum Gasteiger partial charge on any atom is -0.466 e. The molecule has 1 N–H and O–H groups in total. The minimum atomic E-state index is -3.80. The molecule has 36 heavy (non-hydrogen) atoms. The molecular formula is C26H34N2O7S. The van der Waals surface area contributed by atoms with Crippen molar-refractivity contribution in [3.8, 4) is 0 Å². The SMILES string of the molecule is CCOC(=O)CC[C@H](NC(=O)c1ccc(N(C)S(=O)(=O)c2ccc(C)cc2)c(CC)c1)C(=O)OCC. The van der Waals surface area contributed by atoms with Crippen LogP contribution in [0.3, 0.4) is 0 Å². The van der Waals surface area contributed by atoms with Crippen LogP contribution in [0, 0.1) is 6.92 Å². The molecule has 2 aromatic rings. The second-order valence-corrected chi connectivity index (χ2v) is 10.1. The first-order valence-electron chi connectivity index (χ1n) is 11.9. The van der Waals surface area contributed by atoms with Crippen molar-refractivity contribution in [2.45, 2.75) is 57.9 Å². The van der Waals surface area contributed by atoms with Crippen LogP contribution in [-0.4, -0.2) is 52.6 Å². The van der Waals surface area contributed by atoms with Crippen molar-refractivity contribution in [1.82, 2.24) is 5.32 Å². The molecule has 9 nitrogen and oxygen atoms in total. The van der Waals surface area contributed by atoms with E-state index in [1.54, 1.807) is 50.2 Å². The predicted octanol–water partition coefficient (Wildman–Crippen LogP) is 3.39. The number of aryl methyl sites for hydroxylation is 2. The summed E-state index contributed by atoms with van der Waals surface area (Å²) in [5.74, 6) is -1.66. The van der Waals surface area contributed by atoms with Gasteiger partial charge in [-0.15, -0.1) is 0 Å². The quantitative estimate of drug-likeness (QED) is 0.428. The molecule has 0 aromatic heterocycles. The Labute approximate surface area is 212 Å². The van der Waals surface area contributed by atoms with Crippen LogP contribution < -0.4 is 9.62 Å². The zero-order valence-electron chi connectivity index (χ0n) is 21.4. The Morgan fingerprint density at radius 1 is 0.972 bits per heavy atom. The first-order chi connectivity index (χ1) is 17.0. The molecule has 0 bridgehead atoms. The Kier molecular flexibility index (Phi) is 10.5. The average molecular weight is 519 g/mol. The minimum absolute atomic E-state index is 0.0274. The van der Waals surface area contributed by atoms with Gasteiger partial charge in [0.2, 0.25) is 0 Å². The second kappa shape index (κ2) is 13.1. The third-order valence-electron chi connectivity index (χ3n) is 5.56. The van der Waals surface area contributed by atoms with E-state index in [-0.39, 0.29) is 36.5 Å². The maximum absolute atomic E-state index is 13.1. The summed E-state index contributed by atoms with van der Waals surface area (Å²) in [5, 5.41) is 2.62. The third-order valence-corrected chi connectivity index (χ3v) is 7.35. The summed E-state index contributed by atoms with van der Waals surface area (Å²) in [6.45, 7) is 7.41. The molecule has 0 saturated carbocycles. The highest BCUT2D eigenvalue weighted by Crippen LogP contribution is 2.27. The summed E-state index contributed by atoms with van der Waals surface area (Å²) in [6, 6.07) is 10.2. The van der Waals surface area contributed by atoms with E-state index in [0.29, 0.717) is 17.7 Å². The van der Waals surface area contributed by atoms with Gasteiger partial charge in [-0.1, -0.05) is 24.6 Å². The van der Waals surface area contributed by atoms with Crippen molar-refractivity contribution in [2.75, 3.05) is 24.6 Å². The maximum atomic E-state index is 13.1. The fourth-order valence-electron chi connectivity index (χ4n) is 3.54. The number of carbonyl (C=O) groups is 3. The zero-order valence-corrected chi connectivity index (χ0v) is 22.2.